The highest BCUT2D eigenvalue weighted by Crippen LogP contribution is 2.29. The number of aromatic nitrogens is 3. The van der Waals surface area contributed by atoms with Crippen molar-refractivity contribution in [1.82, 2.24) is 24.6 Å². The molecule has 8 nitrogen and oxygen atoms in total. The molecule has 0 atom stereocenters. The minimum Gasteiger partial charge on any atom is -0.350 e. The number of likely N-dealkylation sites (tertiary alicyclic amines) is 1. The van der Waals surface area contributed by atoms with Crippen molar-refractivity contribution in [1.29, 1.82) is 0 Å². The maximum absolute atomic E-state index is 13.4. The molecule has 1 aliphatic heterocycles. The number of fused-ring (bicyclic) bond motifs is 1. The van der Waals surface area contributed by atoms with Crippen LogP contribution in [0.3, 0.4) is 0 Å². The van der Waals surface area contributed by atoms with Crippen LogP contribution in [0.5, 0.6) is 0 Å². The molecule has 0 aliphatic carbocycles. The molecule has 43 heavy (non-hydrogen) atoms. The van der Waals surface area contributed by atoms with Gasteiger partial charge in [-0.25, -0.2) is 4.68 Å². The lowest BCUT2D eigenvalue weighted by molar-refractivity contribution is 0.0663. The third kappa shape index (κ3) is 5.92. The molecule has 2 aromatic heterocycles. The van der Waals surface area contributed by atoms with Gasteiger partial charge in [-0.2, -0.15) is 5.10 Å². The largest absolute Gasteiger partial charge is 0.350 e. The number of hydrogen-bond donors (Lipinski definition) is 1. The molecule has 0 saturated carbocycles. The molecule has 5 aromatic rings. The van der Waals surface area contributed by atoms with Gasteiger partial charge in [0.15, 0.2) is 0 Å². The normalized spacial score (nSPS) is 13.9. The fraction of sp³-hybridized carbons (Fsp3) is 0.257. The van der Waals surface area contributed by atoms with E-state index in [0.29, 0.717) is 29.5 Å². The summed E-state index contributed by atoms with van der Waals surface area (Å²) < 4.78 is 1.48. The minimum absolute atomic E-state index is 0.0752. The van der Waals surface area contributed by atoms with Gasteiger partial charge >= 0.3 is 0 Å². The molecule has 1 N–H and O–H groups in total. The number of piperidine rings is 1. The Bertz CT molecular complexity index is 1830. The van der Waals surface area contributed by atoms with Crippen molar-refractivity contribution < 1.29 is 4.79 Å². The van der Waals surface area contributed by atoms with Crippen LogP contribution in [-0.2, 0) is 6.54 Å². The Labute approximate surface area is 251 Å². The number of rotatable bonds is 7. The first-order chi connectivity index (χ1) is 20.9. The molecule has 3 aromatic carbocycles. The zero-order valence-corrected chi connectivity index (χ0v) is 24.8. The molecule has 6 rings (SSSR count). The molecule has 0 spiro atoms. The third-order valence-electron chi connectivity index (χ3n) is 8.27. The average Bonchev–Trinajstić information content (AvgIpc) is 3.05. The van der Waals surface area contributed by atoms with Crippen LogP contribution in [0.2, 0.25) is 0 Å². The summed E-state index contributed by atoms with van der Waals surface area (Å²) >= 11 is 0. The topological polar surface area (TPSA) is 83.4 Å². The van der Waals surface area contributed by atoms with E-state index in [1.807, 2.05) is 84.6 Å². The van der Waals surface area contributed by atoms with Crippen LogP contribution in [0.1, 0.15) is 30.1 Å². The molecule has 0 unspecified atom stereocenters. The Morgan fingerprint density at radius 1 is 0.884 bits per heavy atom. The predicted octanol–water partition coefficient (Wildman–Crippen LogP) is 6.06. The van der Waals surface area contributed by atoms with E-state index >= 15 is 0 Å². The van der Waals surface area contributed by atoms with Crippen LogP contribution in [0.4, 0.5) is 11.4 Å². The van der Waals surface area contributed by atoms with E-state index in [1.54, 1.807) is 12.3 Å². The summed E-state index contributed by atoms with van der Waals surface area (Å²) in [5, 5.41) is 8.96. The number of amides is 1. The van der Waals surface area contributed by atoms with E-state index in [2.05, 4.69) is 40.5 Å². The van der Waals surface area contributed by atoms with Crippen molar-refractivity contribution in [2.45, 2.75) is 32.4 Å². The average molecular weight is 573 g/mol. The van der Waals surface area contributed by atoms with Gasteiger partial charge in [-0.1, -0.05) is 36.4 Å². The first kappa shape index (κ1) is 28.3. The Morgan fingerprint density at radius 2 is 1.60 bits per heavy atom. The molecular weight excluding hydrogens is 536 g/mol. The van der Waals surface area contributed by atoms with Gasteiger partial charge < -0.3 is 15.1 Å². The van der Waals surface area contributed by atoms with E-state index in [1.165, 1.54) is 4.68 Å². The zero-order valence-electron chi connectivity index (χ0n) is 24.8. The smallest absolute Gasteiger partial charge is 0.290 e. The standard InChI is InChI=1S/C35H36N6O2/c1-4-41-35(43)33(37-31-15-7-14-30-29(31)13-8-18-36-30)23-32(38-41)26-11-5-9-24(21-26)25-10-6-12-27(22-25)34(42)40-19-16-28(17-20-40)39(2)3/h5-15,18,21-23,28,37H,4,16-17,19-20H2,1-3H3. The second-order valence-electron chi connectivity index (χ2n) is 11.2. The fourth-order valence-electron chi connectivity index (χ4n) is 5.80. The van der Waals surface area contributed by atoms with Crippen LogP contribution >= 0.6 is 0 Å². The van der Waals surface area contributed by atoms with Gasteiger partial charge in [-0.3, -0.25) is 14.6 Å². The molecule has 1 fully saturated rings. The van der Waals surface area contributed by atoms with Gasteiger partial charge in [0, 0.05) is 54.1 Å². The van der Waals surface area contributed by atoms with E-state index < -0.39 is 0 Å². The highest BCUT2D eigenvalue weighted by Gasteiger charge is 2.24. The van der Waals surface area contributed by atoms with E-state index in [-0.39, 0.29) is 11.5 Å². The molecular formula is C35H36N6O2. The predicted molar refractivity (Wildman–Crippen MR) is 173 cm³/mol. The summed E-state index contributed by atoms with van der Waals surface area (Å²) in [7, 11) is 4.21. The summed E-state index contributed by atoms with van der Waals surface area (Å²) in [4.78, 5) is 35.3. The van der Waals surface area contributed by atoms with Gasteiger partial charge in [-0.05, 0) is 93.5 Å². The van der Waals surface area contributed by atoms with Crippen LogP contribution in [0.25, 0.3) is 33.3 Å². The summed E-state index contributed by atoms with van der Waals surface area (Å²) in [5.74, 6) is 0.0752. The lowest BCUT2D eigenvalue weighted by Crippen LogP contribution is -2.44. The van der Waals surface area contributed by atoms with Crippen molar-refractivity contribution in [3.05, 3.63) is 107 Å². The number of benzene rings is 3. The fourth-order valence-corrected chi connectivity index (χ4v) is 5.80. The molecule has 218 valence electrons. The van der Waals surface area contributed by atoms with E-state index in [9.17, 15) is 9.59 Å². The zero-order chi connectivity index (χ0) is 29.9. The number of nitrogens with one attached hydrogen (secondary N) is 1. The Morgan fingerprint density at radius 3 is 2.37 bits per heavy atom. The van der Waals surface area contributed by atoms with Crippen molar-refractivity contribution in [3.63, 3.8) is 0 Å². The molecule has 1 saturated heterocycles. The SMILES string of the molecule is CCn1nc(-c2cccc(-c3cccc(C(=O)N4CCC(N(C)C)CC4)c3)c2)cc(Nc2cccc3ncccc23)c1=O. The van der Waals surface area contributed by atoms with Crippen LogP contribution in [0, 0.1) is 0 Å². The lowest BCUT2D eigenvalue weighted by atomic mass is 9.98. The number of anilines is 2. The Kier molecular flexibility index (Phi) is 8.03. The number of carbonyl (C=O) groups excluding carboxylic acids is 1. The van der Waals surface area contributed by atoms with Gasteiger partial charge in [-0.15, -0.1) is 0 Å². The number of carbonyl (C=O) groups is 1. The number of nitrogens with zero attached hydrogens (tertiary/aromatic N) is 5. The first-order valence-electron chi connectivity index (χ1n) is 14.8. The van der Waals surface area contributed by atoms with E-state index in [0.717, 1.165) is 59.2 Å². The number of pyridine rings is 1. The van der Waals surface area contributed by atoms with Gasteiger partial charge in [0.2, 0.25) is 0 Å². The number of aryl methyl sites for hydroxylation is 1. The summed E-state index contributed by atoms with van der Waals surface area (Å²) in [6.07, 6.45) is 3.73. The van der Waals surface area contributed by atoms with Crippen molar-refractivity contribution in [2.75, 3.05) is 32.5 Å². The summed E-state index contributed by atoms with van der Waals surface area (Å²) in [5.41, 5.74) is 6.10. The first-order valence-corrected chi connectivity index (χ1v) is 14.8. The summed E-state index contributed by atoms with van der Waals surface area (Å²) in [6.45, 7) is 3.89. The lowest BCUT2D eigenvalue weighted by Gasteiger charge is -2.35. The van der Waals surface area contributed by atoms with E-state index in [4.69, 9.17) is 0 Å². The number of hydrogen-bond acceptors (Lipinski definition) is 6. The Hall–Kier alpha value is -4.82. The molecule has 0 bridgehead atoms. The highest BCUT2D eigenvalue weighted by molar-refractivity contribution is 5.96. The van der Waals surface area contributed by atoms with Crippen molar-refractivity contribution in [2.24, 2.45) is 0 Å². The second kappa shape index (κ2) is 12.2. The molecule has 0 radical (unpaired) electrons. The quantitative estimate of drug-likeness (QED) is 0.256. The van der Waals surface area contributed by atoms with Gasteiger partial charge in [0.25, 0.3) is 11.5 Å². The van der Waals surface area contributed by atoms with Gasteiger partial charge in [0.05, 0.1) is 11.2 Å². The molecule has 1 aliphatic rings. The van der Waals surface area contributed by atoms with Crippen molar-refractivity contribution in [3.8, 4) is 22.4 Å². The van der Waals surface area contributed by atoms with Crippen LogP contribution in [0.15, 0.2) is 95.9 Å². The maximum Gasteiger partial charge on any atom is 0.290 e. The molecule has 8 heteroatoms. The Balaban J connectivity index is 1.29. The maximum atomic E-state index is 13.4. The molecule has 3 heterocycles. The highest BCUT2D eigenvalue weighted by atomic mass is 16.2. The minimum atomic E-state index is -0.191. The van der Waals surface area contributed by atoms with Crippen LogP contribution in [-0.4, -0.2) is 63.7 Å². The molecule has 1 amide bonds. The monoisotopic (exact) mass is 572 g/mol. The third-order valence-corrected chi connectivity index (χ3v) is 8.27. The second-order valence-corrected chi connectivity index (χ2v) is 11.2. The van der Waals surface area contributed by atoms with Crippen molar-refractivity contribution >= 4 is 28.2 Å². The van der Waals surface area contributed by atoms with Gasteiger partial charge in [0.1, 0.15) is 5.69 Å². The summed E-state index contributed by atoms with van der Waals surface area (Å²) in [6, 6.07) is 27.9. The van der Waals surface area contributed by atoms with Crippen LogP contribution < -0.4 is 10.9 Å².